The molecule has 0 heterocycles. The highest BCUT2D eigenvalue weighted by Gasteiger charge is 2.39. The molecule has 0 unspecified atom stereocenters. The van der Waals surface area contributed by atoms with E-state index in [1.165, 1.54) is 5.56 Å². The zero-order valence-electron chi connectivity index (χ0n) is 11.8. The van der Waals surface area contributed by atoms with Crippen molar-refractivity contribution < 1.29 is 9.59 Å². The fourth-order valence-corrected chi connectivity index (χ4v) is 2.03. The minimum Gasteiger partial charge on any atom is -0.369 e. The maximum Gasteiger partial charge on any atom is 0.315 e. The van der Waals surface area contributed by atoms with Crippen LogP contribution in [-0.2, 0) is 4.79 Å². The SMILES string of the molecule is CC(C)(CNC(=O)N[C@H]1C[C@H]1c1ccccc1)C(N)=O. The summed E-state index contributed by atoms with van der Waals surface area (Å²) in [4.78, 5) is 22.9. The van der Waals surface area contributed by atoms with Gasteiger partial charge in [-0.15, -0.1) is 0 Å². The van der Waals surface area contributed by atoms with Crippen molar-refractivity contribution in [1.82, 2.24) is 10.6 Å². The van der Waals surface area contributed by atoms with Crippen LogP contribution in [-0.4, -0.2) is 24.5 Å². The third-order valence-corrected chi connectivity index (χ3v) is 3.69. The molecule has 1 aliphatic carbocycles. The van der Waals surface area contributed by atoms with Crippen LogP contribution in [0.1, 0.15) is 31.7 Å². The molecule has 0 radical (unpaired) electrons. The lowest BCUT2D eigenvalue weighted by atomic mass is 9.93. The number of carbonyl (C=O) groups is 2. The van der Waals surface area contributed by atoms with E-state index in [0.29, 0.717) is 5.92 Å². The summed E-state index contributed by atoms with van der Waals surface area (Å²) in [6.45, 7) is 3.65. The molecule has 108 valence electrons. The van der Waals surface area contributed by atoms with Crippen LogP contribution in [0.3, 0.4) is 0 Å². The Balaban J connectivity index is 1.76. The largest absolute Gasteiger partial charge is 0.369 e. The van der Waals surface area contributed by atoms with E-state index < -0.39 is 11.3 Å². The van der Waals surface area contributed by atoms with E-state index in [1.54, 1.807) is 13.8 Å². The highest BCUT2D eigenvalue weighted by Crippen LogP contribution is 2.40. The second kappa shape index (κ2) is 5.53. The Labute approximate surface area is 118 Å². The van der Waals surface area contributed by atoms with Gasteiger partial charge < -0.3 is 16.4 Å². The van der Waals surface area contributed by atoms with Gasteiger partial charge in [0.25, 0.3) is 0 Å². The standard InChI is InChI=1S/C15H21N3O2/c1-15(2,13(16)19)9-17-14(20)18-12-8-11(12)10-6-4-3-5-7-10/h3-7,11-12H,8-9H2,1-2H3,(H2,16,19)(H2,17,18,20)/t11-,12-/m0/s1. The molecule has 2 rings (SSSR count). The minimum absolute atomic E-state index is 0.175. The highest BCUT2D eigenvalue weighted by molar-refractivity contribution is 5.81. The molecule has 0 saturated heterocycles. The summed E-state index contributed by atoms with van der Waals surface area (Å²) in [6, 6.07) is 10.0. The molecule has 0 bridgehead atoms. The Hall–Kier alpha value is -2.04. The van der Waals surface area contributed by atoms with E-state index in [9.17, 15) is 9.59 Å². The Morgan fingerprint density at radius 2 is 1.95 bits per heavy atom. The van der Waals surface area contributed by atoms with Crippen LogP contribution in [0.15, 0.2) is 30.3 Å². The lowest BCUT2D eigenvalue weighted by Crippen LogP contribution is -2.46. The monoisotopic (exact) mass is 275 g/mol. The number of carbonyl (C=O) groups excluding carboxylic acids is 2. The fourth-order valence-electron chi connectivity index (χ4n) is 2.03. The maximum atomic E-state index is 11.8. The Bertz CT molecular complexity index is 499. The molecule has 0 spiro atoms. The first-order chi connectivity index (χ1) is 9.40. The van der Waals surface area contributed by atoms with Gasteiger partial charge in [0, 0.05) is 18.5 Å². The first-order valence-electron chi connectivity index (χ1n) is 6.79. The molecule has 1 aliphatic rings. The molecular weight excluding hydrogens is 254 g/mol. The van der Waals surface area contributed by atoms with Crippen molar-refractivity contribution in [2.45, 2.75) is 32.2 Å². The van der Waals surface area contributed by atoms with Crippen molar-refractivity contribution in [2.24, 2.45) is 11.1 Å². The van der Waals surface area contributed by atoms with Crippen molar-refractivity contribution >= 4 is 11.9 Å². The summed E-state index contributed by atoms with van der Waals surface area (Å²) in [5.41, 5.74) is 5.77. The molecule has 4 N–H and O–H groups in total. The quantitative estimate of drug-likeness (QED) is 0.758. The Morgan fingerprint density at radius 3 is 2.55 bits per heavy atom. The predicted molar refractivity (Wildman–Crippen MR) is 77.1 cm³/mol. The van der Waals surface area contributed by atoms with Crippen molar-refractivity contribution in [3.05, 3.63) is 35.9 Å². The van der Waals surface area contributed by atoms with Gasteiger partial charge in [-0.1, -0.05) is 30.3 Å². The van der Waals surface area contributed by atoms with Crippen LogP contribution in [0.5, 0.6) is 0 Å². The average Bonchev–Trinajstić information content (AvgIpc) is 3.16. The third-order valence-electron chi connectivity index (χ3n) is 3.69. The lowest BCUT2D eigenvalue weighted by Gasteiger charge is -2.20. The van der Waals surface area contributed by atoms with Crippen LogP contribution in [0.25, 0.3) is 0 Å². The highest BCUT2D eigenvalue weighted by atomic mass is 16.2. The second-order valence-corrected chi connectivity index (χ2v) is 5.93. The molecule has 3 amide bonds. The van der Waals surface area contributed by atoms with Gasteiger partial charge in [0.05, 0.1) is 5.41 Å². The van der Waals surface area contributed by atoms with E-state index in [2.05, 4.69) is 22.8 Å². The number of nitrogens with one attached hydrogen (secondary N) is 2. The molecule has 1 aromatic carbocycles. The number of amides is 3. The summed E-state index contributed by atoms with van der Waals surface area (Å²) in [7, 11) is 0. The van der Waals surface area contributed by atoms with E-state index >= 15 is 0 Å². The summed E-state index contributed by atoms with van der Waals surface area (Å²) >= 11 is 0. The molecule has 2 atom stereocenters. The number of primary amides is 1. The smallest absolute Gasteiger partial charge is 0.315 e. The zero-order chi connectivity index (χ0) is 14.8. The lowest BCUT2D eigenvalue weighted by molar-refractivity contribution is -0.125. The third kappa shape index (κ3) is 3.50. The molecule has 1 saturated carbocycles. The van der Waals surface area contributed by atoms with Gasteiger partial charge in [0.2, 0.25) is 5.91 Å². The topological polar surface area (TPSA) is 84.2 Å². The Kier molecular flexibility index (Phi) is 3.97. The Morgan fingerprint density at radius 1 is 1.30 bits per heavy atom. The van der Waals surface area contributed by atoms with Crippen LogP contribution in [0.4, 0.5) is 4.79 Å². The fraction of sp³-hybridized carbons (Fsp3) is 0.467. The van der Waals surface area contributed by atoms with Crippen LogP contribution in [0.2, 0.25) is 0 Å². The number of benzene rings is 1. The van der Waals surface area contributed by atoms with Crippen LogP contribution in [0, 0.1) is 5.41 Å². The molecule has 1 fully saturated rings. The van der Waals surface area contributed by atoms with Crippen molar-refractivity contribution in [2.75, 3.05) is 6.54 Å². The predicted octanol–water partition coefficient (Wildman–Crippen LogP) is 1.35. The number of rotatable bonds is 5. The van der Waals surface area contributed by atoms with Gasteiger partial charge in [-0.3, -0.25) is 4.79 Å². The van der Waals surface area contributed by atoms with Gasteiger partial charge in [0.15, 0.2) is 0 Å². The van der Waals surface area contributed by atoms with Crippen molar-refractivity contribution in [3.8, 4) is 0 Å². The van der Waals surface area contributed by atoms with Gasteiger partial charge in [-0.2, -0.15) is 0 Å². The van der Waals surface area contributed by atoms with Crippen molar-refractivity contribution in [3.63, 3.8) is 0 Å². The molecule has 20 heavy (non-hydrogen) atoms. The summed E-state index contributed by atoms with van der Waals surface area (Å²) in [5, 5.41) is 5.61. The first-order valence-corrected chi connectivity index (χ1v) is 6.79. The van der Waals surface area contributed by atoms with E-state index in [-0.39, 0.29) is 18.6 Å². The van der Waals surface area contributed by atoms with Gasteiger partial charge in [-0.25, -0.2) is 4.79 Å². The van der Waals surface area contributed by atoms with E-state index in [4.69, 9.17) is 5.73 Å². The van der Waals surface area contributed by atoms with Crippen LogP contribution >= 0.6 is 0 Å². The molecule has 0 aromatic heterocycles. The van der Waals surface area contributed by atoms with Gasteiger partial charge in [-0.05, 0) is 25.8 Å². The first kappa shape index (κ1) is 14.4. The summed E-state index contributed by atoms with van der Waals surface area (Å²) in [6.07, 6.45) is 0.955. The van der Waals surface area contributed by atoms with E-state index in [1.807, 2.05) is 18.2 Å². The number of hydrogen-bond acceptors (Lipinski definition) is 2. The molecule has 5 heteroatoms. The molecule has 1 aromatic rings. The van der Waals surface area contributed by atoms with E-state index in [0.717, 1.165) is 6.42 Å². The second-order valence-electron chi connectivity index (χ2n) is 5.93. The number of hydrogen-bond donors (Lipinski definition) is 3. The molecule has 5 nitrogen and oxygen atoms in total. The van der Waals surface area contributed by atoms with Crippen LogP contribution < -0.4 is 16.4 Å². The minimum atomic E-state index is -0.736. The zero-order valence-corrected chi connectivity index (χ0v) is 11.8. The average molecular weight is 275 g/mol. The number of nitrogens with two attached hydrogens (primary N) is 1. The van der Waals surface area contributed by atoms with Gasteiger partial charge in [0.1, 0.15) is 0 Å². The molecular formula is C15H21N3O2. The molecule has 0 aliphatic heterocycles. The normalized spacial score (nSPS) is 21.1. The summed E-state index contributed by atoms with van der Waals surface area (Å²) < 4.78 is 0. The summed E-state index contributed by atoms with van der Waals surface area (Å²) in [5.74, 6) is -0.0301. The number of urea groups is 1. The van der Waals surface area contributed by atoms with Crippen molar-refractivity contribution in [1.29, 1.82) is 0 Å². The maximum absolute atomic E-state index is 11.8. The van der Waals surface area contributed by atoms with Gasteiger partial charge >= 0.3 is 6.03 Å².